The maximum atomic E-state index is 12.5. The van der Waals surface area contributed by atoms with Gasteiger partial charge < -0.3 is 25.3 Å². The zero-order chi connectivity index (χ0) is 18.6. The van der Waals surface area contributed by atoms with Crippen LogP contribution in [0.4, 0.5) is 16.2 Å². The molecule has 0 aromatic heterocycles. The lowest BCUT2D eigenvalue weighted by Crippen LogP contribution is -2.41. The molecular weight excluding hydrogens is 318 g/mol. The van der Waals surface area contributed by atoms with E-state index >= 15 is 0 Å². The van der Waals surface area contributed by atoms with Gasteiger partial charge in [-0.1, -0.05) is 6.07 Å². The number of carbonyl (C=O) groups is 2. The average molecular weight is 347 g/mol. The number of rotatable bonds is 5. The van der Waals surface area contributed by atoms with E-state index in [1.165, 1.54) is 0 Å². The molecule has 7 heteroatoms. The zero-order valence-electron chi connectivity index (χ0n) is 15.8. The van der Waals surface area contributed by atoms with Gasteiger partial charge in [-0.3, -0.25) is 4.79 Å². The van der Waals surface area contributed by atoms with Gasteiger partial charge in [0.25, 0.3) is 0 Å². The Morgan fingerprint density at radius 2 is 1.96 bits per heavy atom. The molecule has 1 heterocycles. The molecule has 0 saturated carbocycles. The fraction of sp³-hybridized carbons (Fsp3) is 0.556. The molecule has 25 heavy (non-hydrogen) atoms. The normalized spacial score (nSPS) is 17.6. The van der Waals surface area contributed by atoms with Crippen molar-refractivity contribution < 1.29 is 9.59 Å². The summed E-state index contributed by atoms with van der Waals surface area (Å²) in [5.41, 5.74) is 2.35. The van der Waals surface area contributed by atoms with Gasteiger partial charge in [0.15, 0.2) is 0 Å². The predicted octanol–water partition coefficient (Wildman–Crippen LogP) is 1.66. The molecule has 2 N–H and O–H groups in total. The summed E-state index contributed by atoms with van der Waals surface area (Å²) in [4.78, 5) is 30.2. The van der Waals surface area contributed by atoms with Crippen LogP contribution in [-0.4, -0.2) is 80.5 Å². The first-order valence-corrected chi connectivity index (χ1v) is 8.54. The average Bonchev–Trinajstić information content (AvgIpc) is 2.95. The number of aryl methyl sites for hydroxylation is 1. The van der Waals surface area contributed by atoms with Crippen LogP contribution < -0.4 is 10.6 Å². The number of urea groups is 1. The van der Waals surface area contributed by atoms with Crippen molar-refractivity contribution in [3.8, 4) is 0 Å². The van der Waals surface area contributed by atoms with Crippen LogP contribution in [0.15, 0.2) is 18.2 Å². The number of amides is 3. The van der Waals surface area contributed by atoms with Gasteiger partial charge >= 0.3 is 6.03 Å². The smallest absolute Gasteiger partial charge is 0.321 e. The van der Waals surface area contributed by atoms with Gasteiger partial charge in [0.1, 0.15) is 0 Å². The van der Waals surface area contributed by atoms with Crippen molar-refractivity contribution in [3.05, 3.63) is 23.8 Å². The van der Waals surface area contributed by atoms with Crippen molar-refractivity contribution in [2.75, 3.05) is 58.5 Å². The van der Waals surface area contributed by atoms with Crippen molar-refractivity contribution in [1.29, 1.82) is 0 Å². The van der Waals surface area contributed by atoms with Gasteiger partial charge in [0.2, 0.25) is 5.91 Å². The van der Waals surface area contributed by atoms with Crippen LogP contribution in [0.25, 0.3) is 0 Å². The topological polar surface area (TPSA) is 67.9 Å². The lowest BCUT2D eigenvalue weighted by molar-refractivity contribution is -0.116. The van der Waals surface area contributed by atoms with Crippen LogP contribution in [0.1, 0.15) is 12.0 Å². The second-order valence-electron chi connectivity index (χ2n) is 7.06. The molecule has 1 atom stereocenters. The van der Waals surface area contributed by atoms with Gasteiger partial charge in [0.05, 0.1) is 6.54 Å². The molecule has 1 aromatic carbocycles. The number of nitrogens with one attached hydrogen (secondary N) is 2. The first-order chi connectivity index (χ1) is 11.8. The maximum absolute atomic E-state index is 12.5. The number of hydrogen-bond donors (Lipinski definition) is 2. The van der Waals surface area contributed by atoms with Crippen LogP contribution in [0.5, 0.6) is 0 Å². The molecule has 1 aliphatic rings. The largest absolute Gasteiger partial charge is 0.325 e. The third kappa shape index (κ3) is 5.44. The van der Waals surface area contributed by atoms with Crippen LogP contribution in [0.3, 0.4) is 0 Å². The van der Waals surface area contributed by atoms with Crippen LogP contribution >= 0.6 is 0 Å². The number of carbonyl (C=O) groups excluding carboxylic acids is 2. The fourth-order valence-electron chi connectivity index (χ4n) is 2.92. The number of nitrogens with zero attached hydrogens (tertiary/aromatic N) is 3. The number of benzene rings is 1. The molecule has 3 amide bonds. The molecule has 0 spiro atoms. The summed E-state index contributed by atoms with van der Waals surface area (Å²) in [6.07, 6.45) is 0.986. The summed E-state index contributed by atoms with van der Waals surface area (Å²) in [6.45, 7) is 4.14. The van der Waals surface area contributed by atoms with Crippen molar-refractivity contribution in [3.63, 3.8) is 0 Å². The standard InChI is InChI=1S/C18H29N5O2/c1-13-6-7-14(10-16(13)20-17(24)12-21(2)3)19-18(25)23(5)15-8-9-22(4)11-15/h6-7,10,15H,8-9,11-12H2,1-5H3,(H,19,25)(H,20,24)/t15-/m0/s1. The molecule has 2 rings (SSSR count). The van der Waals surface area contributed by atoms with Crippen molar-refractivity contribution in [1.82, 2.24) is 14.7 Å². The molecule has 1 aliphatic heterocycles. The SMILES string of the molecule is Cc1ccc(NC(=O)N(C)[C@H]2CCN(C)C2)cc1NC(=O)CN(C)C. The van der Waals surface area contributed by atoms with E-state index in [9.17, 15) is 9.59 Å². The van der Waals surface area contributed by atoms with Crippen molar-refractivity contribution in [2.45, 2.75) is 19.4 Å². The van der Waals surface area contributed by atoms with E-state index in [1.807, 2.05) is 45.1 Å². The highest BCUT2D eigenvalue weighted by molar-refractivity contribution is 5.95. The monoisotopic (exact) mass is 347 g/mol. The molecular formula is C18H29N5O2. The van der Waals surface area contributed by atoms with Gasteiger partial charge in [-0.25, -0.2) is 4.79 Å². The van der Waals surface area contributed by atoms with Crippen LogP contribution in [0.2, 0.25) is 0 Å². The van der Waals surface area contributed by atoms with E-state index in [0.29, 0.717) is 17.9 Å². The summed E-state index contributed by atoms with van der Waals surface area (Å²) >= 11 is 0. The maximum Gasteiger partial charge on any atom is 0.321 e. The third-order valence-electron chi connectivity index (χ3n) is 4.46. The molecule has 1 fully saturated rings. The Bertz CT molecular complexity index is 632. The quantitative estimate of drug-likeness (QED) is 0.850. The Morgan fingerprint density at radius 3 is 2.56 bits per heavy atom. The van der Waals surface area contributed by atoms with Gasteiger partial charge in [-0.15, -0.1) is 0 Å². The molecule has 138 valence electrons. The molecule has 0 bridgehead atoms. The second kappa shape index (κ2) is 8.31. The lowest BCUT2D eigenvalue weighted by Gasteiger charge is -2.25. The number of anilines is 2. The fourth-order valence-corrected chi connectivity index (χ4v) is 2.92. The van der Waals surface area contributed by atoms with E-state index in [4.69, 9.17) is 0 Å². The van der Waals surface area contributed by atoms with Crippen molar-refractivity contribution >= 4 is 23.3 Å². The summed E-state index contributed by atoms with van der Waals surface area (Å²) in [7, 11) is 7.58. The summed E-state index contributed by atoms with van der Waals surface area (Å²) in [6, 6.07) is 5.65. The summed E-state index contributed by atoms with van der Waals surface area (Å²) < 4.78 is 0. The Hall–Kier alpha value is -2.12. The van der Waals surface area contributed by atoms with Gasteiger partial charge in [-0.05, 0) is 58.7 Å². The minimum absolute atomic E-state index is 0.0808. The molecule has 1 saturated heterocycles. The second-order valence-corrected chi connectivity index (χ2v) is 7.06. The van der Waals surface area contributed by atoms with E-state index in [-0.39, 0.29) is 18.0 Å². The van der Waals surface area contributed by atoms with Crippen molar-refractivity contribution in [2.24, 2.45) is 0 Å². The highest BCUT2D eigenvalue weighted by Gasteiger charge is 2.26. The predicted molar refractivity (Wildman–Crippen MR) is 101 cm³/mol. The van der Waals surface area contributed by atoms with E-state index in [0.717, 1.165) is 25.1 Å². The molecule has 1 aromatic rings. The van der Waals surface area contributed by atoms with Gasteiger partial charge in [0, 0.05) is 31.0 Å². The molecule has 0 radical (unpaired) electrons. The Morgan fingerprint density at radius 1 is 1.24 bits per heavy atom. The zero-order valence-corrected chi connectivity index (χ0v) is 15.8. The Labute approximate surface area is 150 Å². The lowest BCUT2D eigenvalue weighted by atomic mass is 10.1. The van der Waals surface area contributed by atoms with E-state index in [2.05, 4.69) is 22.6 Å². The van der Waals surface area contributed by atoms with Crippen LogP contribution in [0, 0.1) is 6.92 Å². The van der Waals surface area contributed by atoms with E-state index in [1.54, 1.807) is 11.0 Å². The Kier molecular flexibility index (Phi) is 6.39. The first kappa shape index (κ1) is 19.2. The molecule has 7 nitrogen and oxygen atoms in total. The minimum atomic E-state index is -0.130. The third-order valence-corrected chi connectivity index (χ3v) is 4.46. The highest BCUT2D eigenvalue weighted by atomic mass is 16.2. The first-order valence-electron chi connectivity index (χ1n) is 8.54. The molecule has 0 aliphatic carbocycles. The van der Waals surface area contributed by atoms with Crippen LogP contribution in [-0.2, 0) is 4.79 Å². The number of likely N-dealkylation sites (N-methyl/N-ethyl adjacent to an activating group) is 3. The van der Waals surface area contributed by atoms with Gasteiger partial charge in [-0.2, -0.15) is 0 Å². The summed E-state index contributed by atoms with van der Waals surface area (Å²) in [5, 5.41) is 5.81. The number of likely N-dealkylation sites (tertiary alicyclic amines) is 1. The summed E-state index contributed by atoms with van der Waals surface area (Å²) in [5.74, 6) is -0.0808. The number of hydrogen-bond acceptors (Lipinski definition) is 4. The minimum Gasteiger partial charge on any atom is -0.325 e. The Balaban J connectivity index is 2.01. The highest BCUT2D eigenvalue weighted by Crippen LogP contribution is 2.21. The van der Waals surface area contributed by atoms with E-state index < -0.39 is 0 Å². The molecule has 0 unspecified atom stereocenters.